The Morgan fingerprint density at radius 2 is 1.71 bits per heavy atom. The lowest BCUT2D eigenvalue weighted by Crippen LogP contribution is -2.37. The molecule has 0 aliphatic heterocycles. The van der Waals surface area contributed by atoms with Crippen LogP contribution in [0.4, 0.5) is 11.4 Å². The second-order valence-corrected chi connectivity index (χ2v) is 11.9. The van der Waals surface area contributed by atoms with Gasteiger partial charge >= 0.3 is 0 Å². The highest BCUT2D eigenvalue weighted by Crippen LogP contribution is 2.36. The second kappa shape index (κ2) is 15.6. The van der Waals surface area contributed by atoms with E-state index in [9.17, 15) is 9.59 Å². The number of halogens is 2. The first-order chi connectivity index (χ1) is 23.1. The van der Waals surface area contributed by atoms with Crippen LogP contribution in [0.25, 0.3) is 29.1 Å². The Kier molecular flexibility index (Phi) is 11.1. The van der Waals surface area contributed by atoms with Gasteiger partial charge in [0.25, 0.3) is 0 Å². The first-order valence-corrected chi connectivity index (χ1v) is 15.8. The van der Waals surface area contributed by atoms with Crippen LogP contribution in [0.3, 0.4) is 0 Å². The molecule has 0 atom stereocenters. The molecule has 5 rings (SSSR count). The van der Waals surface area contributed by atoms with Crippen LogP contribution in [0.2, 0.25) is 10.0 Å². The van der Waals surface area contributed by atoms with E-state index < -0.39 is 5.91 Å². The van der Waals surface area contributed by atoms with E-state index in [1.54, 1.807) is 43.8 Å². The highest BCUT2D eigenvalue weighted by molar-refractivity contribution is 6.38. The summed E-state index contributed by atoms with van der Waals surface area (Å²) >= 11 is 13.3. The van der Waals surface area contributed by atoms with Crippen molar-refractivity contribution in [2.75, 3.05) is 37.5 Å². The molecule has 1 N–H and O–H groups in total. The molecule has 0 bridgehead atoms. The number of aryl methyl sites for hydroxylation is 1. The van der Waals surface area contributed by atoms with Crippen LogP contribution in [-0.4, -0.2) is 54.5 Å². The molecule has 2 amide bonds. The number of amides is 2. The van der Waals surface area contributed by atoms with E-state index >= 15 is 0 Å². The number of likely N-dealkylation sites (N-methyl/N-ethyl adjacent to an activating group) is 1. The summed E-state index contributed by atoms with van der Waals surface area (Å²) in [6.45, 7) is 1.75. The summed E-state index contributed by atoms with van der Waals surface area (Å²) in [5.74, 6) is -0.211. The van der Waals surface area contributed by atoms with Crippen molar-refractivity contribution >= 4 is 75.5 Å². The van der Waals surface area contributed by atoms with E-state index in [0.717, 1.165) is 39.1 Å². The van der Waals surface area contributed by atoms with Gasteiger partial charge in [0.1, 0.15) is 17.9 Å². The number of nitrogens with zero attached hydrogens (tertiary/aromatic N) is 5. The smallest absolute Gasteiger partial charge is 0.246 e. The number of pyridine rings is 3. The largest absolute Gasteiger partial charge is 0.487 e. The quantitative estimate of drug-likeness (QED) is 0.147. The lowest BCUT2D eigenvalue weighted by atomic mass is 10.1. The molecule has 9 nitrogen and oxygen atoms in total. The fourth-order valence-corrected chi connectivity index (χ4v) is 5.46. The van der Waals surface area contributed by atoms with Crippen LogP contribution in [0.5, 0.6) is 5.75 Å². The molecule has 0 fully saturated rings. The zero-order valence-electron chi connectivity index (χ0n) is 26.9. The van der Waals surface area contributed by atoms with Crippen molar-refractivity contribution < 1.29 is 14.3 Å². The van der Waals surface area contributed by atoms with Crippen LogP contribution in [0.1, 0.15) is 28.1 Å². The van der Waals surface area contributed by atoms with Gasteiger partial charge in [-0.2, -0.15) is 0 Å². The average molecular weight is 682 g/mol. The number of hydrogen-bond acceptors (Lipinski definition) is 7. The number of benzene rings is 2. The molecule has 3 aromatic heterocycles. The van der Waals surface area contributed by atoms with Gasteiger partial charge in [-0.1, -0.05) is 47.5 Å². The van der Waals surface area contributed by atoms with Gasteiger partial charge in [-0.05, 0) is 72.7 Å². The summed E-state index contributed by atoms with van der Waals surface area (Å²) in [5, 5.41) is 4.25. The summed E-state index contributed by atoms with van der Waals surface area (Å²) in [6.07, 6.45) is 11.9. The van der Waals surface area contributed by atoms with Crippen molar-refractivity contribution in [1.29, 1.82) is 0 Å². The third kappa shape index (κ3) is 8.36. The van der Waals surface area contributed by atoms with Crippen LogP contribution >= 0.6 is 23.2 Å². The van der Waals surface area contributed by atoms with Crippen molar-refractivity contribution in [1.82, 2.24) is 20.3 Å². The van der Waals surface area contributed by atoms with E-state index in [4.69, 9.17) is 32.9 Å². The number of fused-ring (bicyclic) bond motifs is 1. The fraction of sp³-hybridized carbons (Fsp3) is 0.162. The van der Waals surface area contributed by atoms with Gasteiger partial charge < -0.3 is 19.9 Å². The van der Waals surface area contributed by atoms with Crippen LogP contribution < -0.4 is 19.9 Å². The van der Waals surface area contributed by atoms with E-state index in [2.05, 4.69) is 15.3 Å². The maximum Gasteiger partial charge on any atom is 0.246 e. The molecule has 0 spiro atoms. The van der Waals surface area contributed by atoms with E-state index in [0.29, 0.717) is 22.0 Å². The molecule has 244 valence electrons. The highest BCUT2D eigenvalue weighted by Gasteiger charge is 2.20. The molecular weight excluding hydrogens is 647 g/mol. The maximum atomic E-state index is 13.0. The molecule has 0 saturated heterocycles. The molecular formula is C37H34Cl2N6O3. The minimum atomic E-state index is -0.425. The lowest BCUT2D eigenvalue weighted by molar-refractivity contribution is -0.122. The first-order valence-electron chi connectivity index (χ1n) is 15.0. The van der Waals surface area contributed by atoms with Gasteiger partial charge in [-0.15, -0.1) is 0 Å². The van der Waals surface area contributed by atoms with E-state index in [1.165, 1.54) is 11.0 Å². The van der Waals surface area contributed by atoms with Gasteiger partial charge in [0.2, 0.25) is 11.8 Å². The third-order valence-electron chi connectivity index (χ3n) is 7.47. The van der Waals surface area contributed by atoms with Crippen molar-refractivity contribution in [3.05, 3.63) is 123 Å². The Labute approximate surface area is 289 Å². The van der Waals surface area contributed by atoms with Gasteiger partial charge in [0.15, 0.2) is 0 Å². The number of ether oxygens (including phenoxy) is 1. The fourth-order valence-electron chi connectivity index (χ4n) is 4.86. The minimum absolute atomic E-state index is 0.0535. The molecule has 5 aromatic rings. The Bertz CT molecular complexity index is 2000. The van der Waals surface area contributed by atoms with Crippen molar-refractivity contribution in [2.24, 2.45) is 0 Å². The van der Waals surface area contributed by atoms with E-state index in [-0.39, 0.29) is 24.1 Å². The number of carbonyl (C=O) groups is 2. The number of hydrogen-bond donors (Lipinski definition) is 1. The second-order valence-electron chi connectivity index (χ2n) is 11.1. The summed E-state index contributed by atoms with van der Waals surface area (Å²) in [5.41, 5.74) is 6.10. The molecule has 3 heterocycles. The molecule has 0 radical (unpaired) electrons. The molecule has 0 saturated carbocycles. The van der Waals surface area contributed by atoms with Gasteiger partial charge in [-0.3, -0.25) is 19.6 Å². The number of nitrogens with one attached hydrogen (secondary N) is 1. The standard InChI is InChI=1S/C37H34Cl2N6O3/c1-24-20-32(44(2)3)28-6-5-7-33(37(28)43-24)48-23-29-30(38)13-14-31(36(29)39)45(4)35(47)22-42-34(46)15-10-26-9-12-27(41-21-26)11-8-25-16-18-40-19-17-25/h5-21H,22-23H2,1-4H3,(H,42,46)/b11-8+,15-10+. The normalized spacial score (nSPS) is 11.3. The predicted molar refractivity (Wildman–Crippen MR) is 194 cm³/mol. The predicted octanol–water partition coefficient (Wildman–Crippen LogP) is 7.25. The molecule has 0 unspecified atom stereocenters. The van der Waals surface area contributed by atoms with Crippen LogP contribution in [-0.2, 0) is 16.2 Å². The summed E-state index contributed by atoms with van der Waals surface area (Å²) in [4.78, 5) is 42.1. The van der Waals surface area contributed by atoms with Crippen molar-refractivity contribution in [3.8, 4) is 5.75 Å². The SMILES string of the molecule is Cc1cc(N(C)C)c2cccc(OCc3c(Cl)ccc(N(C)C(=O)CNC(=O)/C=C/c4ccc(/C=C/c5ccncc5)nc4)c3Cl)c2n1. The van der Waals surface area contributed by atoms with Crippen molar-refractivity contribution in [2.45, 2.75) is 13.5 Å². The lowest BCUT2D eigenvalue weighted by Gasteiger charge is -2.21. The Balaban J connectivity index is 1.19. The first kappa shape index (κ1) is 34.1. The average Bonchev–Trinajstić information content (AvgIpc) is 3.09. The zero-order valence-corrected chi connectivity index (χ0v) is 28.5. The molecule has 0 aliphatic rings. The summed E-state index contributed by atoms with van der Waals surface area (Å²) in [7, 11) is 5.55. The number of anilines is 2. The molecule has 48 heavy (non-hydrogen) atoms. The molecule has 0 aliphatic carbocycles. The Morgan fingerprint density at radius 3 is 2.44 bits per heavy atom. The Hall–Kier alpha value is -5.25. The highest BCUT2D eigenvalue weighted by atomic mass is 35.5. The van der Waals surface area contributed by atoms with Crippen LogP contribution in [0, 0.1) is 6.92 Å². The number of para-hydroxylation sites is 1. The summed E-state index contributed by atoms with van der Waals surface area (Å²) < 4.78 is 6.20. The number of carbonyl (C=O) groups excluding carboxylic acids is 2. The van der Waals surface area contributed by atoms with Gasteiger partial charge in [0.05, 0.1) is 22.9 Å². The minimum Gasteiger partial charge on any atom is -0.487 e. The van der Waals surface area contributed by atoms with Crippen molar-refractivity contribution in [3.63, 3.8) is 0 Å². The number of rotatable bonds is 11. The molecule has 2 aromatic carbocycles. The number of aromatic nitrogens is 3. The molecule has 11 heteroatoms. The van der Waals surface area contributed by atoms with E-state index in [1.807, 2.05) is 86.6 Å². The monoisotopic (exact) mass is 680 g/mol. The Morgan fingerprint density at radius 1 is 0.917 bits per heavy atom. The topological polar surface area (TPSA) is 101 Å². The van der Waals surface area contributed by atoms with Crippen LogP contribution in [0.15, 0.2) is 85.3 Å². The van der Waals surface area contributed by atoms with Gasteiger partial charge in [-0.25, -0.2) is 4.98 Å². The van der Waals surface area contributed by atoms with Gasteiger partial charge in [0, 0.05) is 73.2 Å². The zero-order chi connectivity index (χ0) is 34.2. The maximum absolute atomic E-state index is 13.0. The summed E-state index contributed by atoms with van der Waals surface area (Å²) in [6, 6.07) is 18.6. The third-order valence-corrected chi connectivity index (χ3v) is 8.24.